The highest BCUT2D eigenvalue weighted by Crippen LogP contribution is 2.17. The Bertz CT molecular complexity index is 263. The van der Waals surface area contributed by atoms with Gasteiger partial charge in [-0.2, -0.15) is 0 Å². The smallest absolute Gasteiger partial charge is 0.317 e. The predicted octanol–water partition coefficient (Wildman–Crippen LogP) is 5.49. The normalized spacial score (nSPS) is 15.7. The van der Waals surface area contributed by atoms with Gasteiger partial charge in [0.15, 0.2) is 0 Å². The Morgan fingerprint density at radius 1 is 0.864 bits per heavy atom. The van der Waals surface area contributed by atoms with Crippen molar-refractivity contribution in [1.29, 1.82) is 0 Å². The van der Waals surface area contributed by atoms with Gasteiger partial charge in [-0.15, -0.1) is 0 Å². The molecule has 0 aliphatic heterocycles. The summed E-state index contributed by atoms with van der Waals surface area (Å²) in [5.74, 6) is 0. The molecule has 0 spiro atoms. The summed E-state index contributed by atoms with van der Waals surface area (Å²) in [5, 5.41) is 3.29. The first-order valence-corrected chi connectivity index (χ1v) is 9.83. The van der Waals surface area contributed by atoms with Crippen LogP contribution in [0.3, 0.4) is 0 Å². The lowest BCUT2D eigenvalue weighted by atomic mass is 9.96. The van der Waals surface area contributed by atoms with E-state index in [2.05, 4.69) is 24.1 Å². The van der Waals surface area contributed by atoms with Gasteiger partial charge < -0.3 is 10.2 Å². The molecule has 2 amide bonds. The molecular weight excluding hydrogens is 272 g/mol. The number of rotatable bonds is 11. The van der Waals surface area contributed by atoms with Gasteiger partial charge in [0.25, 0.3) is 0 Å². The summed E-state index contributed by atoms with van der Waals surface area (Å²) in [5.41, 5.74) is 0. The second-order valence-electron chi connectivity index (χ2n) is 6.89. The molecule has 0 radical (unpaired) electrons. The van der Waals surface area contributed by atoms with Crippen molar-refractivity contribution in [2.45, 2.75) is 103 Å². The summed E-state index contributed by atoms with van der Waals surface area (Å²) in [7, 11) is 0. The van der Waals surface area contributed by atoms with Gasteiger partial charge in [0.05, 0.1) is 0 Å². The highest BCUT2D eigenvalue weighted by molar-refractivity contribution is 5.74. The van der Waals surface area contributed by atoms with Crippen LogP contribution in [-0.2, 0) is 0 Å². The zero-order valence-corrected chi connectivity index (χ0v) is 15.0. The summed E-state index contributed by atoms with van der Waals surface area (Å²) < 4.78 is 0. The van der Waals surface area contributed by atoms with E-state index in [0.29, 0.717) is 6.04 Å². The maximum Gasteiger partial charge on any atom is 0.317 e. The Labute approximate surface area is 138 Å². The third-order valence-corrected chi connectivity index (χ3v) is 4.78. The molecule has 130 valence electrons. The van der Waals surface area contributed by atoms with Crippen molar-refractivity contribution in [3.63, 3.8) is 0 Å². The number of carbonyl (C=O) groups excluding carboxylic acids is 1. The van der Waals surface area contributed by atoms with Gasteiger partial charge in [-0.25, -0.2) is 4.79 Å². The van der Waals surface area contributed by atoms with E-state index < -0.39 is 0 Å². The van der Waals surface area contributed by atoms with E-state index in [1.807, 2.05) is 0 Å². The number of unbranched alkanes of at least 4 members (excludes halogenated alkanes) is 6. The lowest BCUT2D eigenvalue weighted by Gasteiger charge is -2.28. The molecular formula is C19H38N2O. The Hall–Kier alpha value is -0.730. The Morgan fingerprint density at radius 2 is 1.41 bits per heavy atom. The number of hydrogen-bond donors (Lipinski definition) is 1. The van der Waals surface area contributed by atoms with Crippen molar-refractivity contribution in [2.24, 2.45) is 0 Å². The third kappa shape index (κ3) is 8.65. The molecule has 0 aromatic heterocycles. The molecule has 0 atom stereocenters. The minimum absolute atomic E-state index is 0.194. The molecule has 1 aliphatic rings. The van der Waals surface area contributed by atoms with Gasteiger partial charge in [-0.05, 0) is 25.7 Å². The number of hydrogen-bond acceptors (Lipinski definition) is 1. The summed E-state index contributed by atoms with van der Waals surface area (Å²) in [6.45, 7) is 6.34. The van der Waals surface area contributed by atoms with E-state index >= 15 is 0 Å². The van der Waals surface area contributed by atoms with Gasteiger partial charge in [-0.3, -0.25) is 0 Å². The Morgan fingerprint density at radius 3 is 1.91 bits per heavy atom. The number of nitrogens with zero attached hydrogens (tertiary/aromatic N) is 1. The number of urea groups is 1. The van der Waals surface area contributed by atoms with Crippen molar-refractivity contribution in [1.82, 2.24) is 10.2 Å². The average molecular weight is 311 g/mol. The quantitative estimate of drug-likeness (QED) is 0.503. The molecule has 0 aromatic carbocycles. The molecule has 1 rings (SSSR count). The van der Waals surface area contributed by atoms with Crippen LogP contribution in [0.5, 0.6) is 0 Å². The van der Waals surface area contributed by atoms with Crippen LogP contribution in [0, 0.1) is 0 Å². The maximum absolute atomic E-state index is 12.6. The van der Waals surface area contributed by atoms with Crippen molar-refractivity contribution >= 4 is 6.03 Å². The lowest BCUT2D eigenvalue weighted by molar-refractivity contribution is 0.187. The SMILES string of the molecule is CCCCCCN(CCCCCC)C(=O)NC1CCCCC1. The maximum atomic E-state index is 12.6. The molecule has 3 nitrogen and oxygen atoms in total. The van der Waals surface area contributed by atoms with E-state index in [4.69, 9.17) is 0 Å². The predicted molar refractivity (Wildman–Crippen MR) is 95.3 cm³/mol. The highest BCUT2D eigenvalue weighted by Gasteiger charge is 2.19. The van der Waals surface area contributed by atoms with Crippen LogP contribution >= 0.6 is 0 Å². The lowest BCUT2D eigenvalue weighted by Crippen LogP contribution is -2.46. The Balaban J connectivity index is 2.33. The van der Waals surface area contributed by atoms with Crippen LogP contribution in [0.15, 0.2) is 0 Å². The fourth-order valence-corrected chi connectivity index (χ4v) is 3.29. The van der Waals surface area contributed by atoms with Gasteiger partial charge in [0, 0.05) is 19.1 Å². The molecule has 0 bridgehead atoms. The Kier molecular flexibility index (Phi) is 11.2. The molecule has 0 saturated heterocycles. The van der Waals surface area contributed by atoms with Crippen LogP contribution in [0.25, 0.3) is 0 Å². The number of nitrogens with one attached hydrogen (secondary N) is 1. The zero-order chi connectivity index (χ0) is 16.0. The summed E-state index contributed by atoms with van der Waals surface area (Å²) in [4.78, 5) is 14.6. The van der Waals surface area contributed by atoms with Crippen LogP contribution in [0.4, 0.5) is 4.79 Å². The van der Waals surface area contributed by atoms with Crippen molar-refractivity contribution < 1.29 is 4.79 Å². The molecule has 3 heteroatoms. The van der Waals surface area contributed by atoms with Gasteiger partial charge >= 0.3 is 6.03 Å². The minimum Gasteiger partial charge on any atom is -0.335 e. The second-order valence-corrected chi connectivity index (χ2v) is 6.89. The molecule has 1 fully saturated rings. The topological polar surface area (TPSA) is 32.3 Å². The van der Waals surface area contributed by atoms with E-state index in [1.54, 1.807) is 0 Å². The fourth-order valence-electron chi connectivity index (χ4n) is 3.29. The largest absolute Gasteiger partial charge is 0.335 e. The molecule has 0 unspecified atom stereocenters. The number of carbonyl (C=O) groups is 1. The summed E-state index contributed by atoms with van der Waals surface area (Å²) >= 11 is 0. The molecule has 0 heterocycles. The van der Waals surface area contributed by atoms with E-state index in [-0.39, 0.29) is 6.03 Å². The molecule has 22 heavy (non-hydrogen) atoms. The third-order valence-electron chi connectivity index (χ3n) is 4.78. The van der Waals surface area contributed by atoms with E-state index in [9.17, 15) is 4.79 Å². The van der Waals surface area contributed by atoms with Crippen LogP contribution < -0.4 is 5.32 Å². The van der Waals surface area contributed by atoms with Crippen molar-refractivity contribution in [2.75, 3.05) is 13.1 Å². The molecule has 0 aromatic rings. The monoisotopic (exact) mass is 310 g/mol. The second kappa shape index (κ2) is 12.8. The molecule has 1 N–H and O–H groups in total. The van der Waals surface area contributed by atoms with Gasteiger partial charge in [0.1, 0.15) is 0 Å². The number of amides is 2. The highest BCUT2D eigenvalue weighted by atomic mass is 16.2. The molecule has 1 aliphatic carbocycles. The van der Waals surface area contributed by atoms with Crippen molar-refractivity contribution in [3.8, 4) is 0 Å². The van der Waals surface area contributed by atoms with Gasteiger partial charge in [0.2, 0.25) is 0 Å². The first-order chi connectivity index (χ1) is 10.8. The summed E-state index contributed by atoms with van der Waals surface area (Å²) in [6.07, 6.45) is 16.1. The average Bonchev–Trinajstić information content (AvgIpc) is 2.54. The molecule has 1 saturated carbocycles. The standard InChI is InChI=1S/C19H38N2O/c1-3-5-7-12-16-21(17-13-8-6-4-2)19(22)20-18-14-10-9-11-15-18/h18H,3-17H2,1-2H3,(H,20,22). The summed E-state index contributed by atoms with van der Waals surface area (Å²) in [6, 6.07) is 0.620. The fraction of sp³-hybridized carbons (Fsp3) is 0.947. The van der Waals surface area contributed by atoms with E-state index in [0.717, 1.165) is 25.9 Å². The minimum atomic E-state index is 0.194. The first-order valence-electron chi connectivity index (χ1n) is 9.83. The van der Waals surface area contributed by atoms with E-state index in [1.165, 1.54) is 70.6 Å². The first kappa shape index (κ1) is 19.3. The van der Waals surface area contributed by atoms with Crippen LogP contribution in [0.2, 0.25) is 0 Å². The van der Waals surface area contributed by atoms with Crippen LogP contribution in [0.1, 0.15) is 97.3 Å². The van der Waals surface area contributed by atoms with Gasteiger partial charge in [-0.1, -0.05) is 71.6 Å². The zero-order valence-electron chi connectivity index (χ0n) is 15.0. The van der Waals surface area contributed by atoms with Crippen molar-refractivity contribution in [3.05, 3.63) is 0 Å². The van der Waals surface area contributed by atoms with Crippen LogP contribution in [-0.4, -0.2) is 30.1 Å².